The molecule has 0 aromatic carbocycles. The maximum atomic E-state index is 12.2. The monoisotopic (exact) mass is 300 g/mol. The van der Waals surface area contributed by atoms with Crippen LogP contribution in [-0.4, -0.2) is 40.7 Å². The van der Waals surface area contributed by atoms with Gasteiger partial charge in [0, 0.05) is 18.7 Å². The Bertz CT molecular complexity index is 581. The second kappa shape index (κ2) is 6.01. The predicted octanol–water partition coefficient (Wildman–Crippen LogP) is -0.0907. The zero-order valence-electron chi connectivity index (χ0n) is 11.5. The highest BCUT2D eigenvalue weighted by atomic mass is 32.2. The van der Waals surface area contributed by atoms with Gasteiger partial charge in [-0.25, -0.2) is 13.1 Å². The Hall–Kier alpha value is -1.28. The van der Waals surface area contributed by atoms with Crippen LogP contribution in [0.15, 0.2) is 6.20 Å². The van der Waals surface area contributed by atoms with Crippen LogP contribution in [0.25, 0.3) is 0 Å². The van der Waals surface area contributed by atoms with Crippen molar-refractivity contribution < 1.29 is 13.2 Å². The molecule has 112 valence electrons. The van der Waals surface area contributed by atoms with Crippen LogP contribution in [0.1, 0.15) is 31.4 Å². The molecule has 0 radical (unpaired) electrons. The van der Waals surface area contributed by atoms with Crippen LogP contribution in [-0.2, 0) is 27.7 Å². The molecule has 0 amide bonds. The lowest BCUT2D eigenvalue weighted by Crippen LogP contribution is -2.32. The Labute approximate surface area is 118 Å². The average Bonchev–Trinajstić information content (AvgIpc) is 2.85. The second-order valence-electron chi connectivity index (χ2n) is 5.39. The van der Waals surface area contributed by atoms with E-state index in [1.54, 1.807) is 6.20 Å². The molecule has 0 spiro atoms. The van der Waals surface area contributed by atoms with E-state index in [0.29, 0.717) is 18.5 Å². The zero-order valence-corrected chi connectivity index (χ0v) is 12.3. The smallest absolute Gasteiger partial charge is 0.157 e. The molecule has 0 aliphatic heterocycles. The minimum Gasteiger partial charge on any atom is -0.325 e. The van der Waals surface area contributed by atoms with Crippen molar-refractivity contribution in [2.24, 2.45) is 11.7 Å². The van der Waals surface area contributed by atoms with E-state index < -0.39 is 9.84 Å². The SMILES string of the molecule is CS(=O)(=O)C1CCCC(C(=O)Cn2cc(CN)nn2)C1. The fourth-order valence-electron chi connectivity index (χ4n) is 2.62. The van der Waals surface area contributed by atoms with Crippen molar-refractivity contribution in [2.75, 3.05) is 6.26 Å². The van der Waals surface area contributed by atoms with Crippen molar-refractivity contribution >= 4 is 15.6 Å². The van der Waals surface area contributed by atoms with Crippen molar-refractivity contribution in [3.05, 3.63) is 11.9 Å². The van der Waals surface area contributed by atoms with E-state index in [2.05, 4.69) is 10.3 Å². The second-order valence-corrected chi connectivity index (χ2v) is 7.72. The van der Waals surface area contributed by atoms with Gasteiger partial charge in [0.1, 0.15) is 16.4 Å². The van der Waals surface area contributed by atoms with Gasteiger partial charge in [0.2, 0.25) is 0 Å². The van der Waals surface area contributed by atoms with Crippen LogP contribution in [0.2, 0.25) is 0 Å². The van der Waals surface area contributed by atoms with Gasteiger partial charge in [0.05, 0.1) is 17.1 Å². The maximum absolute atomic E-state index is 12.2. The molecular formula is C12H20N4O3S. The molecular weight excluding hydrogens is 280 g/mol. The van der Waals surface area contributed by atoms with Gasteiger partial charge in [0.15, 0.2) is 5.78 Å². The topological polar surface area (TPSA) is 108 Å². The Morgan fingerprint density at radius 2 is 2.25 bits per heavy atom. The lowest BCUT2D eigenvalue weighted by Gasteiger charge is -2.26. The largest absolute Gasteiger partial charge is 0.325 e. The third-order valence-electron chi connectivity index (χ3n) is 3.80. The first-order chi connectivity index (χ1) is 9.40. The van der Waals surface area contributed by atoms with Crippen molar-refractivity contribution in [3.63, 3.8) is 0 Å². The lowest BCUT2D eigenvalue weighted by molar-refractivity contribution is -0.124. The summed E-state index contributed by atoms with van der Waals surface area (Å²) in [6.45, 7) is 0.419. The normalized spacial score (nSPS) is 23.7. The molecule has 1 saturated carbocycles. The number of nitrogens with zero attached hydrogens (tertiary/aromatic N) is 3. The van der Waals surface area contributed by atoms with E-state index in [0.717, 1.165) is 12.8 Å². The highest BCUT2D eigenvalue weighted by molar-refractivity contribution is 7.91. The number of nitrogens with two attached hydrogens (primary N) is 1. The van der Waals surface area contributed by atoms with E-state index in [9.17, 15) is 13.2 Å². The van der Waals surface area contributed by atoms with Gasteiger partial charge in [-0.1, -0.05) is 11.6 Å². The molecule has 1 fully saturated rings. The molecule has 2 rings (SSSR count). The fraction of sp³-hybridized carbons (Fsp3) is 0.750. The maximum Gasteiger partial charge on any atom is 0.157 e. The summed E-state index contributed by atoms with van der Waals surface area (Å²) < 4.78 is 24.7. The first-order valence-electron chi connectivity index (χ1n) is 6.71. The number of carbonyl (C=O) groups is 1. The molecule has 8 heteroatoms. The molecule has 0 bridgehead atoms. The first kappa shape index (κ1) is 15.1. The average molecular weight is 300 g/mol. The molecule has 2 unspecified atom stereocenters. The molecule has 1 heterocycles. The highest BCUT2D eigenvalue weighted by Crippen LogP contribution is 2.29. The van der Waals surface area contributed by atoms with Gasteiger partial charge in [-0.2, -0.15) is 0 Å². The molecule has 0 saturated heterocycles. The minimum absolute atomic E-state index is 0.0202. The van der Waals surface area contributed by atoms with Gasteiger partial charge in [-0.15, -0.1) is 5.10 Å². The fourth-order valence-corrected chi connectivity index (χ4v) is 3.80. The van der Waals surface area contributed by atoms with Crippen LogP contribution in [0.3, 0.4) is 0 Å². The van der Waals surface area contributed by atoms with E-state index in [-0.39, 0.29) is 30.0 Å². The Kier molecular flexibility index (Phi) is 4.54. The summed E-state index contributed by atoms with van der Waals surface area (Å²) in [5.41, 5.74) is 6.07. The third-order valence-corrected chi connectivity index (χ3v) is 5.44. The third kappa shape index (κ3) is 3.63. The van der Waals surface area contributed by atoms with Crippen LogP contribution < -0.4 is 5.73 Å². The number of aromatic nitrogens is 3. The van der Waals surface area contributed by atoms with Gasteiger partial charge in [0.25, 0.3) is 0 Å². The van der Waals surface area contributed by atoms with Crippen LogP contribution >= 0.6 is 0 Å². The lowest BCUT2D eigenvalue weighted by atomic mass is 9.86. The molecule has 2 N–H and O–H groups in total. The number of ketones is 1. The number of hydrogen-bond donors (Lipinski definition) is 1. The zero-order chi connectivity index (χ0) is 14.8. The number of sulfone groups is 1. The minimum atomic E-state index is -3.07. The molecule has 7 nitrogen and oxygen atoms in total. The molecule has 20 heavy (non-hydrogen) atoms. The van der Waals surface area contributed by atoms with E-state index in [1.165, 1.54) is 10.9 Å². The van der Waals surface area contributed by atoms with E-state index >= 15 is 0 Å². The number of Topliss-reactive ketones (excluding diaryl/α,β-unsaturated/α-hetero) is 1. The summed E-state index contributed by atoms with van der Waals surface area (Å²) in [4.78, 5) is 12.2. The number of carbonyl (C=O) groups excluding carboxylic acids is 1. The van der Waals surface area contributed by atoms with Crippen LogP contribution in [0.5, 0.6) is 0 Å². The van der Waals surface area contributed by atoms with Gasteiger partial charge in [-0.3, -0.25) is 4.79 Å². The Morgan fingerprint density at radius 3 is 2.85 bits per heavy atom. The van der Waals surface area contributed by atoms with Gasteiger partial charge in [-0.05, 0) is 19.3 Å². The molecule has 1 aromatic heterocycles. The van der Waals surface area contributed by atoms with Crippen molar-refractivity contribution in [2.45, 2.75) is 44.0 Å². The number of hydrogen-bond acceptors (Lipinski definition) is 6. The van der Waals surface area contributed by atoms with Crippen LogP contribution in [0.4, 0.5) is 0 Å². The highest BCUT2D eigenvalue weighted by Gasteiger charge is 2.32. The molecule has 2 atom stereocenters. The Morgan fingerprint density at radius 1 is 1.50 bits per heavy atom. The summed E-state index contributed by atoms with van der Waals surface area (Å²) in [5.74, 6) is -0.180. The van der Waals surface area contributed by atoms with Gasteiger partial charge < -0.3 is 5.73 Å². The predicted molar refractivity (Wildman–Crippen MR) is 73.5 cm³/mol. The van der Waals surface area contributed by atoms with Crippen molar-refractivity contribution in [3.8, 4) is 0 Å². The molecule has 1 aromatic rings. The summed E-state index contributed by atoms with van der Waals surface area (Å²) in [7, 11) is -3.07. The van der Waals surface area contributed by atoms with E-state index in [1.807, 2.05) is 0 Å². The quantitative estimate of drug-likeness (QED) is 0.814. The van der Waals surface area contributed by atoms with Crippen LogP contribution in [0, 0.1) is 5.92 Å². The standard InChI is InChI=1S/C12H20N4O3S/c1-20(18,19)11-4-2-3-9(5-11)12(17)8-16-7-10(6-13)14-15-16/h7,9,11H,2-6,8,13H2,1H3. The number of rotatable bonds is 5. The first-order valence-corrected chi connectivity index (χ1v) is 8.66. The van der Waals surface area contributed by atoms with Gasteiger partial charge >= 0.3 is 0 Å². The Balaban J connectivity index is 1.98. The summed E-state index contributed by atoms with van der Waals surface area (Å²) >= 11 is 0. The van der Waals surface area contributed by atoms with Crippen molar-refractivity contribution in [1.29, 1.82) is 0 Å². The molecule has 1 aliphatic carbocycles. The van der Waals surface area contributed by atoms with E-state index in [4.69, 9.17) is 5.73 Å². The summed E-state index contributed by atoms with van der Waals surface area (Å²) in [6.07, 6.45) is 5.51. The molecule has 1 aliphatic rings. The van der Waals surface area contributed by atoms with Crippen molar-refractivity contribution in [1.82, 2.24) is 15.0 Å². The summed E-state index contributed by atoms with van der Waals surface area (Å²) in [5, 5.41) is 7.28. The summed E-state index contributed by atoms with van der Waals surface area (Å²) in [6, 6.07) is 0.